The van der Waals surface area contributed by atoms with Crippen LogP contribution in [0.2, 0.25) is 0 Å². The smallest absolute Gasteiger partial charge is 0.227 e. The van der Waals surface area contributed by atoms with Gasteiger partial charge in [-0.25, -0.2) is 0 Å². The highest BCUT2D eigenvalue weighted by Gasteiger charge is 2.35. The highest BCUT2D eigenvalue weighted by atomic mass is 32.2. The minimum Gasteiger partial charge on any atom is -0.487 e. The van der Waals surface area contributed by atoms with Crippen molar-refractivity contribution < 1.29 is 14.3 Å². The number of nitrogens with zero attached hydrogens (tertiary/aromatic N) is 2. The van der Waals surface area contributed by atoms with E-state index in [1.165, 1.54) is 0 Å². The molecule has 7 heteroatoms. The molecule has 1 N–H and O–H groups in total. The van der Waals surface area contributed by atoms with Gasteiger partial charge in [0.15, 0.2) is 0 Å². The van der Waals surface area contributed by atoms with Gasteiger partial charge in [-0.2, -0.15) is 0 Å². The molecule has 0 aliphatic carbocycles. The van der Waals surface area contributed by atoms with Crippen molar-refractivity contribution in [2.75, 3.05) is 17.7 Å². The number of ether oxygens (including phenoxy) is 1. The van der Waals surface area contributed by atoms with E-state index in [2.05, 4.69) is 10.3 Å². The van der Waals surface area contributed by atoms with Crippen LogP contribution in [0.5, 0.6) is 5.75 Å². The Morgan fingerprint density at radius 2 is 2.00 bits per heavy atom. The second-order valence-electron chi connectivity index (χ2n) is 8.02. The summed E-state index contributed by atoms with van der Waals surface area (Å²) in [6.07, 6.45) is 3.97. The van der Waals surface area contributed by atoms with Crippen molar-refractivity contribution in [2.45, 2.75) is 30.9 Å². The molecule has 1 aliphatic rings. The molecule has 170 valence electrons. The van der Waals surface area contributed by atoms with Crippen molar-refractivity contribution in [3.05, 3.63) is 84.2 Å². The summed E-state index contributed by atoms with van der Waals surface area (Å²) in [5.74, 6) is 0.211. The predicted octanol–water partition coefficient (Wildman–Crippen LogP) is 4.61. The van der Waals surface area contributed by atoms with E-state index in [9.17, 15) is 9.59 Å². The summed E-state index contributed by atoms with van der Waals surface area (Å²) >= 11 is 1.65. The Morgan fingerprint density at radius 1 is 1.18 bits per heavy atom. The van der Waals surface area contributed by atoms with E-state index in [1.807, 2.05) is 79.9 Å². The first kappa shape index (κ1) is 22.9. The lowest BCUT2D eigenvalue weighted by atomic mass is 10.0. The molecule has 1 fully saturated rings. The molecule has 4 rings (SSSR count). The summed E-state index contributed by atoms with van der Waals surface area (Å²) in [7, 11) is 0. The van der Waals surface area contributed by atoms with Crippen LogP contribution in [0.15, 0.2) is 77.8 Å². The van der Waals surface area contributed by atoms with Gasteiger partial charge in [-0.1, -0.05) is 18.2 Å². The van der Waals surface area contributed by atoms with E-state index in [0.717, 1.165) is 27.6 Å². The Bertz CT molecular complexity index is 1110. The molecule has 2 heterocycles. The average molecular weight is 462 g/mol. The topological polar surface area (TPSA) is 71.5 Å². The third-order valence-corrected chi connectivity index (χ3v) is 6.45. The van der Waals surface area contributed by atoms with Crippen LogP contribution in [0, 0.1) is 5.92 Å². The summed E-state index contributed by atoms with van der Waals surface area (Å²) in [5, 5.41) is 3.06. The number of benzene rings is 2. The second kappa shape index (κ2) is 10.5. The lowest BCUT2D eigenvalue weighted by Gasteiger charge is -2.19. The lowest BCUT2D eigenvalue weighted by Crippen LogP contribution is -2.34. The van der Waals surface area contributed by atoms with Crippen molar-refractivity contribution in [1.29, 1.82) is 0 Å². The number of nitrogens with one attached hydrogen (secondary N) is 1. The van der Waals surface area contributed by atoms with Crippen LogP contribution in [0.3, 0.4) is 0 Å². The minimum absolute atomic E-state index is 0.0235. The summed E-state index contributed by atoms with van der Waals surface area (Å²) in [4.78, 5) is 32.6. The Morgan fingerprint density at radius 3 is 2.73 bits per heavy atom. The van der Waals surface area contributed by atoms with E-state index >= 15 is 0 Å². The number of rotatable bonds is 8. The van der Waals surface area contributed by atoms with Gasteiger partial charge in [0.1, 0.15) is 12.4 Å². The third kappa shape index (κ3) is 5.73. The maximum Gasteiger partial charge on any atom is 0.227 e. The van der Waals surface area contributed by atoms with Crippen molar-refractivity contribution in [3.63, 3.8) is 0 Å². The fraction of sp³-hybridized carbons (Fsp3) is 0.269. The van der Waals surface area contributed by atoms with E-state index in [0.29, 0.717) is 13.2 Å². The number of amides is 2. The Hall–Kier alpha value is -3.32. The zero-order chi connectivity index (χ0) is 23.2. The Labute approximate surface area is 198 Å². The molecule has 2 atom stereocenters. The van der Waals surface area contributed by atoms with E-state index in [-0.39, 0.29) is 30.2 Å². The standard InChI is InChI=1S/C26H27N3O3S/c1-18(19-6-5-8-23(14-19)32-17-21-7-3-4-13-27-21)28-26(31)20-15-25(30)29(16-20)22-9-11-24(33-2)12-10-22/h3-14,18,20H,15-17H2,1-2H3,(H,28,31). The van der Waals surface area contributed by atoms with Crippen molar-refractivity contribution in [2.24, 2.45) is 5.92 Å². The predicted molar refractivity (Wildman–Crippen MR) is 130 cm³/mol. The monoisotopic (exact) mass is 461 g/mol. The van der Waals surface area contributed by atoms with Crippen LogP contribution < -0.4 is 15.0 Å². The summed E-state index contributed by atoms with van der Waals surface area (Å²) in [5.41, 5.74) is 2.62. The number of anilines is 1. The molecule has 1 saturated heterocycles. The molecule has 1 aliphatic heterocycles. The molecule has 33 heavy (non-hydrogen) atoms. The first-order valence-electron chi connectivity index (χ1n) is 10.9. The summed E-state index contributed by atoms with van der Waals surface area (Å²) in [6, 6.07) is 21.0. The van der Waals surface area contributed by atoms with E-state index in [1.54, 1.807) is 22.9 Å². The number of aromatic nitrogens is 1. The molecule has 1 aromatic heterocycles. The number of hydrogen-bond donors (Lipinski definition) is 1. The van der Waals surface area contributed by atoms with Crippen LogP contribution in [0.25, 0.3) is 0 Å². The number of hydrogen-bond acceptors (Lipinski definition) is 5. The molecule has 6 nitrogen and oxygen atoms in total. The van der Waals surface area contributed by atoms with Gasteiger partial charge in [-0.15, -0.1) is 11.8 Å². The SMILES string of the molecule is CSc1ccc(N2CC(C(=O)NC(C)c3cccc(OCc4ccccn4)c3)CC2=O)cc1. The van der Waals surface area contributed by atoms with Crippen molar-refractivity contribution >= 4 is 29.3 Å². The van der Waals surface area contributed by atoms with Gasteiger partial charge in [0.25, 0.3) is 0 Å². The number of carbonyl (C=O) groups is 2. The van der Waals surface area contributed by atoms with E-state index < -0.39 is 0 Å². The molecule has 0 spiro atoms. The fourth-order valence-corrected chi connectivity index (χ4v) is 4.23. The highest BCUT2D eigenvalue weighted by Crippen LogP contribution is 2.28. The fourth-order valence-electron chi connectivity index (χ4n) is 3.82. The molecule has 0 bridgehead atoms. The molecule has 3 aromatic rings. The first-order chi connectivity index (χ1) is 16.0. The van der Waals surface area contributed by atoms with Crippen LogP contribution >= 0.6 is 11.8 Å². The van der Waals surface area contributed by atoms with Crippen LogP contribution in [-0.2, 0) is 16.2 Å². The van der Waals surface area contributed by atoms with E-state index in [4.69, 9.17) is 4.74 Å². The Balaban J connectivity index is 1.35. The zero-order valence-electron chi connectivity index (χ0n) is 18.7. The van der Waals surface area contributed by atoms with Crippen molar-refractivity contribution in [1.82, 2.24) is 10.3 Å². The van der Waals surface area contributed by atoms with Gasteiger partial charge in [0.05, 0.1) is 17.7 Å². The first-order valence-corrected chi connectivity index (χ1v) is 12.1. The van der Waals surface area contributed by atoms with Gasteiger partial charge >= 0.3 is 0 Å². The van der Waals surface area contributed by atoms with Gasteiger partial charge in [-0.3, -0.25) is 14.6 Å². The van der Waals surface area contributed by atoms with Gasteiger partial charge < -0.3 is 15.0 Å². The highest BCUT2D eigenvalue weighted by molar-refractivity contribution is 7.98. The number of carbonyl (C=O) groups excluding carboxylic acids is 2. The maximum absolute atomic E-state index is 12.9. The molecular formula is C26H27N3O3S. The molecule has 0 radical (unpaired) electrons. The molecule has 2 amide bonds. The van der Waals surface area contributed by atoms with Crippen LogP contribution in [-0.4, -0.2) is 29.6 Å². The summed E-state index contributed by atoms with van der Waals surface area (Å²) in [6.45, 7) is 2.71. The number of pyridine rings is 1. The van der Waals surface area contributed by atoms with Gasteiger partial charge in [0.2, 0.25) is 11.8 Å². The van der Waals surface area contributed by atoms with Crippen molar-refractivity contribution in [3.8, 4) is 5.75 Å². The quantitative estimate of drug-likeness (QED) is 0.496. The molecule has 2 unspecified atom stereocenters. The second-order valence-corrected chi connectivity index (χ2v) is 8.90. The minimum atomic E-state index is -0.372. The summed E-state index contributed by atoms with van der Waals surface area (Å²) < 4.78 is 5.85. The Kier molecular flexibility index (Phi) is 7.29. The van der Waals surface area contributed by atoms with Gasteiger partial charge in [-0.05, 0) is 67.3 Å². The molecular weight excluding hydrogens is 434 g/mol. The normalized spacial score (nSPS) is 16.5. The molecule has 0 saturated carbocycles. The third-order valence-electron chi connectivity index (χ3n) is 5.71. The average Bonchev–Trinajstić information content (AvgIpc) is 3.25. The molecule has 2 aromatic carbocycles. The maximum atomic E-state index is 12.9. The lowest BCUT2D eigenvalue weighted by molar-refractivity contribution is -0.126. The van der Waals surface area contributed by atoms with Crippen LogP contribution in [0.4, 0.5) is 5.69 Å². The largest absolute Gasteiger partial charge is 0.487 e. The van der Waals surface area contributed by atoms with Crippen LogP contribution in [0.1, 0.15) is 30.6 Å². The zero-order valence-corrected chi connectivity index (χ0v) is 19.5. The number of thioether (sulfide) groups is 1. The van der Waals surface area contributed by atoms with Gasteiger partial charge in [0, 0.05) is 29.7 Å².